The van der Waals surface area contributed by atoms with Gasteiger partial charge >= 0.3 is 0 Å². The van der Waals surface area contributed by atoms with Crippen molar-refractivity contribution in [3.05, 3.63) is 32.0 Å². The summed E-state index contributed by atoms with van der Waals surface area (Å²) in [5.74, 6) is 1.39. The van der Waals surface area contributed by atoms with Crippen molar-refractivity contribution in [2.24, 2.45) is 0 Å². The fourth-order valence-corrected chi connectivity index (χ4v) is 3.03. The van der Waals surface area contributed by atoms with Crippen molar-refractivity contribution in [1.82, 2.24) is 15.5 Å². The number of rotatable bonds is 5. The van der Waals surface area contributed by atoms with E-state index in [1.165, 1.54) is 14.2 Å². The van der Waals surface area contributed by atoms with Gasteiger partial charge in [0.25, 0.3) is 0 Å². The van der Waals surface area contributed by atoms with E-state index in [4.69, 9.17) is 4.52 Å². The highest BCUT2D eigenvalue weighted by Crippen LogP contribution is 2.25. The third-order valence-corrected chi connectivity index (χ3v) is 4.44. The predicted octanol–water partition coefficient (Wildman–Crippen LogP) is 2.84. The molecule has 2 rings (SSSR count). The van der Waals surface area contributed by atoms with E-state index in [2.05, 4.69) is 44.4 Å². The van der Waals surface area contributed by atoms with Crippen LogP contribution in [0.15, 0.2) is 15.1 Å². The molecular weight excluding hydrogens is 302 g/mol. The SMILES string of the molecule is Cc1nc(CCNCc2cc(Br)c(C)s2)no1. The Labute approximate surface area is 113 Å². The molecule has 0 aromatic carbocycles. The van der Waals surface area contributed by atoms with Gasteiger partial charge in [-0.3, -0.25) is 0 Å². The molecule has 0 saturated carbocycles. The summed E-state index contributed by atoms with van der Waals surface area (Å²) in [5.41, 5.74) is 0. The molecule has 4 nitrogen and oxygen atoms in total. The third-order valence-electron chi connectivity index (χ3n) is 2.30. The summed E-state index contributed by atoms with van der Waals surface area (Å²) in [7, 11) is 0. The van der Waals surface area contributed by atoms with Gasteiger partial charge in [0.2, 0.25) is 5.89 Å². The Morgan fingerprint density at radius 2 is 2.29 bits per heavy atom. The van der Waals surface area contributed by atoms with Crippen LogP contribution in [0.25, 0.3) is 0 Å². The van der Waals surface area contributed by atoms with E-state index < -0.39 is 0 Å². The molecule has 17 heavy (non-hydrogen) atoms. The standard InChI is InChI=1S/C11H14BrN3OS/c1-7-10(12)5-9(17-7)6-13-4-3-11-14-8(2)16-15-11/h5,13H,3-4,6H2,1-2H3. The molecule has 0 unspecified atom stereocenters. The first kappa shape index (κ1) is 12.7. The normalized spacial score (nSPS) is 11.0. The quantitative estimate of drug-likeness (QED) is 0.862. The molecule has 0 saturated heterocycles. The zero-order chi connectivity index (χ0) is 12.3. The van der Waals surface area contributed by atoms with Crippen molar-refractivity contribution in [3.8, 4) is 0 Å². The summed E-state index contributed by atoms with van der Waals surface area (Å²) >= 11 is 5.32. The summed E-state index contributed by atoms with van der Waals surface area (Å²) in [6.07, 6.45) is 0.795. The highest BCUT2D eigenvalue weighted by molar-refractivity contribution is 9.10. The second-order valence-electron chi connectivity index (χ2n) is 3.77. The smallest absolute Gasteiger partial charge is 0.223 e. The molecule has 1 N–H and O–H groups in total. The Balaban J connectivity index is 1.73. The first-order chi connectivity index (χ1) is 8.15. The lowest BCUT2D eigenvalue weighted by molar-refractivity contribution is 0.387. The molecular formula is C11H14BrN3OS. The van der Waals surface area contributed by atoms with Gasteiger partial charge in [-0.15, -0.1) is 11.3 Å². The average molecular weight is 316 g/mol. The Bertz CT molecular complexity index is 475. The van der Waals surface area contributed by atoms with Crippen molar-refractivity contribution in [3.63, 3.8) is 0 Å². The number of thiophene rings is 1. The highest BCUT2D eigenvalue weighted by atomic mass is 79.9. The van der Waals surface area contributed by atoms with Crippen molar-refractivity contribution in [2.75, 3.05) is 6.54 Å². The van der Waals surface area contributed by atoms with Crippen LogP contribution in [-0.4, -0.2) is 16.7 Å². The summed E-state index contributed by atoms with van der Waals surface area (Å²) in [6.45, 7) is 5.65. The van der Waals surface area contributed by atoms with Crippen LogP contribution in [0, 0.1) is 13.8 Å². The van der Waals surface area contributed by atoms with E-state index in [0.717, 1.165) is 25.3 Å². The third kappa shape index (κ3) is 3.62. The van der Waals surface area contributed by atoms with Gasteiger partial charge in [-0.25, -0.2) is 0 Å². The molecule has 0 atom stereocenters. The average Bonchev–Trinajstić information content (AvgIpc) is 2.82. The number of nitrogens with one attached hydrogen (secondary N) is 1. The highest BCUT2D eigenvalue weighted by Gasteiger charge is 2.04. The number of aryl methyl sites for hydroxylation is 2. The van der Waals surface area contributed by atoms with Crippen LogP contribution in [-0.2, 0) is 13.0 Å². The van der Waals surface area contributed by atoms with Gasteiger partial charge in [0.05, 0.1) is 0 Å². The van der Waals surface area contributed by atoms with Crippen LogP contribution >= 0.6 is 27.3 Å². The lowest BCUT2D eigenvalue weighted by atomic mass is 10.4. The molecule has 2 aromatic heterocycles. The minimum absolute atomic E-state index is 0.623. The Morgan fingerprint density at radius 3 is 2.88 bits per heavy atom. The van der Waals surface area contributed by atoms with E-state index in [1.807, 2.05) is 0 Å². The monoisotopic (exact) mass is 315 g/mol. The van der Waals surface area contributed by atoms with Gasteiger partial charge in [-0.2, -0.15) is 4.98 Å². The van der Waals surface area contributed by atoms with Gasteiger partial charge < -0.3 is 9.84 Å². The van der Waals surface area contributed by atoms with Gasteiger partial charge in [0.15, 0.2) is 5.82 Å². The second kappa shape index (κ2) is 5.75. The maximum absolute atomic E-state index is 4.91. The molecule has 0 aliphatic heterocycles. The number of aromatic nitrogens is 2. The summed E-state index contributed by atoms with van der Waals surface area (Å²) in [6, 6.07) is 2.16. The molecule has 0 amide bonds. The van der Waals surface area contributed by atoms with Crippen LogP contribution < -0.4 is 5.32 Å². The molecule has 2 heterocycles. The van der Waals surface area contributed by atoms with Gasteiger partial charge in [-0.05, 0) is 28.9 Å². The molecule has 0 fully saturated rings. The molecule has 0 aliphatic rings. The van der Waals surface area contributed by atoms with Crippen LogP contribution in [0.5, 0.6) is 0 Å². The molecule has 6 heteroatoms. The van der Waals surface area contributed by atoms with Gasteiger partial charge in [0, 0.05) is 40.7 Å². The maximum Gasteiger partial charge on any atom is 0.223 e. The number of hydrogen-bond acceptors (Lipinski definition) is 5. The predicted molar refractivity (Wildman–Crippen MR) is 71.2 cm³/mol. The van der Waals surface area contributed by atoms with E-state index in [0.29, 0.717) is 5.89 Å². The number of nitrogens with zero attached hydrogens (tertiary/aromatic N) is 2. The first-order valence-corrected chi connectivity index (χ1v) is 7.01. The van der Waals surface area contributed by atoms with Crippen LogP contribution in [0.2, 0.25) is 0 Å². The Kier molecular flexibility index (Phi) is 4.31. The molecule has 92 valence electrons. The van der Waals surface area contributed by atoms with Crippen molar-refractivity contribution in [1.29, 1.82) is 0 Å². The largest absolute Gasteiger partial charge is 0.340 e. The number of halogens is 1. The van der Waals surface area contributed by atoms with Crippen LogP contribution in [0.4, 0.5) is 0 Å². The van der Waals surface area contributed by atoms with E-state index in [-0.39, 0.29) is 0 Å². The summed E-state index contributed by atoms with van der Waals surface area (Å²) in [5, 5.41) is 7.22. The molecule has 0 spiro atoms. The lowest BCUT2D eigenvalue weighted by Crippen LogP contribution is -2.16. The van der Waals surface area contributed by atoms with Gasteiger partial charge in [0.1, 0.15) is 0 Å². The fourth-order valence-electron chi connectivity index (χ4n) is 1.46. The minimum atomic E-state index is 0.623. The van der Waals surface area contributed by atoms with Crippen molar-refractivity contribution in [2.45, 2.75) is 26.8 Å². The Hall–Kier alpha value is -0.720. The van der Waals surface area contributed by atoms with E-state index in [9.17, 15) is 0 Å². The summed E-state index contributed by atoms with van der Waals surface area (Å²) < 4.78 is 6.09. The van der Waals surface area contributed by atoms with E-state index in [1.54, 1.807) is 18.3 Å². The second-order valence-corrected chi connectivity index (χ2v) is 5.97. The Morgan fingerprint density at radius 1 is 1.47 bits per heavy atom. The van der Waals surface area contributed by atoms with Crippen LogP contribution in [0.3, 0.4) is 0 Å². The molecule has 0 bridgehead atoms. The van der Waals surface area contributed by atoms with Crippen molar-refractivity contribution < 1.29 is 4.52 Å². The zero-order valence-corrected chi connectivity index (χ0v) is 12.2. The molecule has 0 aliphatic carbocycles. The lowest BCUT2D eigenvalue weighted by Gasteiger charge is -1.99. The van der Waals surface area contributed by atoms with E-state index >= 15 is 0 Å². The first-order valence-electron chi connectivity index (χ1n) is 5.40. The number of hydrogen-bond donors (Lipinski definition) is 1. The topological polar surface area (TPSA) is 51.0 Å². The van der Waals surface area contributed by atoms with Gasteiger partial charge in [-0.1, -0.05) is 5.16 Å². The fraction of sp³-hybridized carbons (Fsp3) is 0.455. The zero-order valence-electron chi connectivity index (χ0n) is 9.79. The summed E-state index contributed by atoms with van der Waals surface area (Å²) in [4.78, 5) is 6.80. The van der Waals surface area contributed by atoms with Crippen LogP contribution in [0.1, 0.15) is 21.5 Å². The molecule has 0 radical (unpaired) electrons. The molecule has 2 aromatic rings. The minimum Gasteiger partial charge on any atom is -0.340 e. The van der Waals surface area contributed by atoms with Crippen molar-refractivity contribution >= 4 is 27.3 Å². The maximum atomic E-state index is 4.91.